The van der Waals surface area contributed by atoms with Crippen molar-refractivity contribution >= 4 is 16.9 Å². The number of rotatable bonds is 3. The highest BCUT2D eigenvalue weighted by Crippen LogP contribution is 2.28. The number of ether oxygens (including phenoxy) is 1. The normalized spacial score (nSPS) is 10.6. The largest absolute Gasteiger partial charge is 0.508 e. The Kier molecular flexibility index (Phi) is 3.39. The Hall–Kier alpha value is -3.08. The van der Waals surface area contributed by atoms with E-state index in [9.17, 15) is 9.90 Å². The predicted molar refractivity (Wildman–Crippen MR) is 82.4 cm³/mol. The molecular weight excluding hydrogens is 282 g/mol. The zero-order chi connectivity index (χ0) is 15.7. The molecule has 2 N–H and O–H groups in total. The van der Waals surface area contributed by atoms with Crippen molar-refractivity contribution in [2.75, 3.05) is 7.11 Å². The summed E-state index contributed by atoms with van der Waals surface area (Å²) in [4.78, 5) is 15.6. The molecule has 0 saturated carbocycles. The summed E-state index contributed by atoms with van der Waals surface area (Å²) in [5, 5.41) is 19.4. The molecule has 0 atom stereocenters. The molecule has 5 nitrogen and oxygen atoms in total. The van der Waals surface area contributed by atoms with E-state index in [0.29, 0.717) is 5.69 Å². The Morgan fingerprint density at radius 2 is 1.91 bits per heavy atom. The van der Waals surface area contributed by atoms with E-state index in [2.05, 4.69) is 4.98 Å². The average molecular weight is 295 g/mol. The molecule has 0 spiro atoms. The van der Waals surface area contributed by atoms with Gasteiger partial charge < -0.3 is 14.9 Å². The fourth-order valence-corrected chi connectivity index (χ4v) is 2.30. The van der Waals surface area contributed by atoms with Crippen LogP contribution in [0.4, 0.5) is 0 Å². The molecule has 0 aliphatic carbocycles. The maximum atomic E-state index is 11.1. The van der Waals surface area contributed by atoms with Gasteiger partial charge in [-0.3, -0.25) is 0 Å². The molecule has 3 rings (SSSR count). The van der Waals surface area contributed by atoms with Crippen molar-refractivity contribution in [2.24, 2.45) is 0 Å². The van der Waals surface area contributed by atoms with Crippen LogP contribution in [0.2, 0.25) is 0 Å². The lowest BCUT2D eigenvalue weighted by atomic mass is 10.1. The van der Waals surface area contributed by atoms with Crippen LogP contribution in [0, 0.1) is 0 Å². The topological polar surface area (TPSA) is 79.7 Å². The number of methoxy groups -OCH3 is 1. The minimum absolute atomic E-state index is 0.108. The number of benzene rings is 2. The number of hydrogen-bond donors (Lipinski definition) is 2. The molecule has 0 amide bonds. The van der Waals surface area contributed by atoms with Crippen LogP contribution in [0.3, 0.4) is 0 Å². The molecule has 22 heavy (non-hydrogen) atoms. The van der Waals surface area contributed by atoms with Gasteiger partial charge in [-0.05, 0) is 36.4 Å². The van der Waals surface area contributed by atoms with E-state index in [-0.39, 0.29) is 17.1 Å². The van der Waals surface area contributed by atoms with E-state index in [1.54, 1.807) is 30.3 Å². The van der Waals surface area contributed by atoms with Gasteiger partial charge in [-0.2, -0.15) is 0 Å². The Labute approximate surface area is 126 Å². The number of phenolic OH excluding ortho intramolecular Hbond substituents is 1. The van der Waals surface area contributed by atoms with Crippen LogP contribution < -0.4 is 4.74 Å². The highest BCUT2D eigenvalue weighted by molar-refractivity contribution is 5.92. The first kappa shape index (κ1) is 13.9. The smallest absolute Gasteiger partial charge is 0.339 e. The van der Waals surface area contributed by atoms with Crippen LogP contribution in [0.5, 0.6) is 11.5 Å². The summed E-state index contributed by atoms with van der Waals surface area (Å²) in [6, 6.07) is 13.5. The van der Waals surface area contributed by atoms with Gasteiger partial charge in [0.15, 0.2) is 0 Å². The number of carboxylic acids is 1. The molecule has 110 valence electrons. The first-order chi connectivity index (χ1) is 10.6. The molecule has 0 radical (unpaired) electrons. The van der Waals surface area contributed by atoms with Crippen LogP contribution in [0.25, 0.3) is 22.2 Å². The van der Waals surface area contributed by atoms with E-state index in [1.165, 1.54) is 13.2 Å². The van der Waals surface area contributed by atoms with E-state index >= 15 is 0 Å². The second kappa shape index (κ2) is 5.37. The number of nitrogens with zero attached hydrogens (tertiary/aromatic N) is 1. The Morgan fingerprint density at radius 1 is 1.09 bits per heavy atom. The molecule has 3 aromatic rings. The van der Waals surface area contributed by atoms with Crippen molar-refractivity contribution in [3.8, 4) is 22.8 Å². The van der Waals surface area contributed by atoms with Gasteiger partial charge in [-0.25, -0.2) is 9.78 Å². The fourth-order valence-electron chi connectivity index (χ4n) is 2.30. The standard InChI is InChI=1S/C17H13NO4/c1-22-16-9-11(2-5-13(16)17(20)21)14-6-3-10-8-12(19)4-7-15(10)18-14/h2-9,19H,1H3,(H,20,21). The third kappa shape index (κ3) is 2.44. The van der Waals surface area contributed by atoms with Crippen LogP contribution >= 0.6 is 0 Å². The Morgan fingerprint density at radius 3 is 2.64 bits per heavy atom. The van der Waals surface area contributed by atoms with E-state index in [0.717, 1.165) is 16.5 Å². The summed E-state index contributed by atoms with van der Waals surface area (Å²) in [6.07, 6.45) is 0. The molecule has 0 fully saturated rings. The SMILES string of the molecule is COc1cc(-c2ccc3cc(O)ccc3n2)ccc1C(=O)O. The second-order valence-corrected chi connectivity index (χ2v) is 4.79. The van der Waals surface area contributed by atoms with Gasteiger partial charge in [-0.15, -0.1) is 0 Å². The molecule has 0 aliphatic rings. The number of pyridine rings is 1. The lowest BCUT2D eigenvalue weighted by Gasteiger charge is -2.08. The Balaban J connectivity index is 2.10. The van der Waals surface area contributed by atoms with Crippen LogP contribution in [0.15, 0.2) is 48.5 Å². The molecule has 1 heterocycles. The van der Waals surface area contributed by atoms with Gasteiger partial charge in [0.25, 0.3) is 0 Å². The summed E-state index contributed by atoms with van der Waals surface area (Å²) in [5.74, 6) is -0.558. The number of carbonyl (C=O) groups is 1. The maximum Gasteiger partial charge on any atom is 0.339 e. The van der Waals surface area contributed by atoms with E-state index in [4.69, 9.17) is 9.84 Å². The van der Waals surface area contributed by atoms with Gasteiger partial charge in [0.2, 0.25) is 0 Å². The lowest BCUT2D eigenvalue weighted by Crippen LogP contribution is -2.00. The van der Waals surface area contributed by atoms with Crippen molar-refractivity contribution in [2.45, 2.75) is 0 Å². The first-order valence-corrected chi connectivity index (χ1v) is 6.60. The number of fused-ring (bicyclic) bond motifs is 1. The highest BCUT2D eigenvalue weighted by Gasteiger charge is 2.12. The summed E-state index contributed by atoms with van der Waals surface area (Å²) >= 11 is 0. The summed E-state index contributed by atoms with van der Waals surface area (Å²) in [7, 11) is 1.43. The fraction of sp³-hybridized carbons (Fsp3) is 0.0588. The highest BCUT2D eigenvalue weighted by atomic mass is 16.5. The van der Waals surface area contributed by atoms with Crippen LogP contribution in [-0.4, -0.2) is 28.3 Å². The lowest BCUT2D eigenvalue weighted by molar-refractivity contribution is 0.0693. The van der Waals surface area contributed by atoms with Crippen molar-refractivity contribution in [3.63, 3.8) is 0 Å². The number of carboxylic acid groups (broad SMARTS) is 1. The van der Waals surface area contributed by atoms with E-state index in [1.807, 2.05) is 12.1 Å². The summed E-state index contributed by atoms with van der Waals surface area (Å²) < 4.78 is 5.13. The molecule has 1 aromatic heterocycles. The molecule has 0 bridgehead atoms. The van der Waals surface area contributed by atoms with Gasteiger partial charge in [0.1, 0.15) is 17.1 Å². The van der Waals surface area contributed by atoms with E-state index < -0.39 is 5.97 Å². The number of aromatic carboxylic acids is 1. The molecule has 2 aromatic carbocycles. The number of hydrogen-bond acceptors (Lipinski definition) is 4. The minimum atomic E-state index is -1.04. The predicted octanol–water partition coefficient (Wildman–Crippen LogP) is 3.31. The number of phenols is 1. The first-order valence-electron chi connectivity index (χ1n) is 6.60. The van der Waals surface area contributed by atoms with Crippen molar-refractivity contribution in [3.05, 3.63) is 54.1 Å². The van der Waals surface area contributed by atoms with Crippen molar-refractivity contribution < 1.29 is 19.7 Å². The molecule has 5 heteroatoms. The zero-order valence-corrected chi connectivity index (χ0v) is 11.8. The van der Waals surface area contributed by atoms with Gasteiger partial charge in [0, 0.05) is 10.9 Å². The zero-order valence-electron chi connectivity index (χ0n) is 11.8. The molecule has 0 saturated heterocycles. The van der Waals surface area contributed by atoms with Gasteiger partial charge >= 0.3 is 5.97 Å². The van der Waals surface area contributed by atoms with Crippen molar-refractivity contribution in [1.82, 2.24) is 4.98 Å². The maximum absolute atomic E-state index is 11.1. The quantitative estimate of drug-likeness (QED) is 0.775. The second-order valence-electron chi connectivity index (χ2n) is 4.79. The number of aromatic nitrogens is 1. The van der Waals surface area contributed by atoms with Crippen LogP contribution in [-0.2, 0) is 0 Å². The average Bonchev–Trinajstić information content (AvgIpc) is 2.53. The monoisotopic (exact) mass is 295 g/mol. The summed E-state index contributed by atoms with van der Waals surface area (Å²) in [6.45, 7) is 0. The van der Waals surface area contributed by atoms with Gasteiger partial charge in [0.05, 0.1) is 18.3 Å². The number of aromatic hydroxyl groups is 1. The Bertz CT molecular complexity index is 874. The van der Waals surface area contributed by atoms with Crippen molar-refractivity contribution in [1.29, 1.82) is 0 Å². The molecular formula is C17H13NO4. The molecule has 0 aliphatic heterocycles. The third-order valence-corrected chi connectivity index (χ3v) is 3.40. The van der Waals surface area contributed by atoms with Gasteiger partial charge in [-0.1, -0.05) is 12.1 Å². The minimum Gasteiger partial charge on any atom is -0.508 e. The van der Waals surface area contributed by atoms with Crippen LogP contribution in [0.1, 0.15) is 10.4 Å². The third-order valence-electron chi connectivity index (χ3n) is 3.40. The molecule has 0 unspecified atom stereocenters. The summed E-state index contributed by atoms with van der Waals surface area (Å²) in [5.41, 5.74) is 2.32.